The number of sulfone groups is 1. The van der Waals surface area contributed by atoms with Crippen LogP contribution in [0.25, 0.3) is 0 Å². The Bertz CT molecular complexity index is 580. The molecule has 1 aromatic carbocycles. The Morgan fingerprint density at radius 1 is 1.33 bits per heavy atom. The molecule has 2 rings (SSSR count). The quantitative estimate of drug-likeness (QED) is 0.856. The van der Waals surface area contributed by atoms with Gasteiger partial charge in [-0.3, -0.25) is 4.79 Å². The van der Waals surface area contributed by atoms with Gasteiger partial charge in [0.15, 0.2) is 16.4 Å². The first-order valence-electron chi connectivity index (χ1n) is 7.11. The Hall–Kier alpha value is -1.56. The number of ether oxygens (including phenoxy) is 1. The molecule has 116 valence electrons. The summed E-state index contributed by atoms with van der Waals surface area (Å²) in [5.41, 5.74) is 1.16. The van der Waals surface area contributed by atoms with Gasteiger partial charge in [-0.05, 0) is 42.9 Å². The van der Waals surface area contributed by atoms with Crippen LogP contribution in [0, 0.1) is 5.92 Å². The number of benzene rings is 1. The first kappa shape index (κ1) is 15.8. The van der Waals surface area contributed by atoms with Crippen LogP contribution in [-0.2, 0) is 21.1 Å². The second kappa shape index (κ2) is 6.93. The second-order valence-corrected chi connectivity index (χ2v) is 7.64. The van der Waals surface area contributed by atoms with Gasteiger partial charge in [0, 0.05) is 7.05 Å². The number of carbonyl (C=O) groups is 1. The van der Waals surface area contributed by atoms with Crippen LogP contribution in [0.15, 0.2) is 24.3 Å². The maximum absolute atomic E-state index is 11.4. The van der Waals surface area contributed by atoms with Gasteiger partial charge in [0.1, 0.15) is 5.75 Å². The second-order valence-electron chi connectivity index (χ2n) is 5.41. The Morgan fingerprint density at radius 2 is 2.05 bits per heavy atom. The van der Waals surface area contributed by atoms with Crippen LogP contribution < -0.4 is 10.1 Å². The van der Waals surface area contributed by atoms with E-state index in [1.807, 2.05) is 24.3 Å². The van der Waals surface area contributed by atoms with Crippen molar-refractivity contribution < 1.29 is 17.9 Å². The van der Waals surface area contributed by atoms with E-state index in [-0.39, 0.29) is 12.5 Å². The summed E-state index contributed by atoms with van der Waals surface area (Å²) < 4.78 is 28.1. The molecule has 1 fully saturated rings. The molecule has 1 atom stereocenters. The van der Waals surface area contributed by atoms with Crippen molar-refractivity contribution in [3.63, 3.8) is 0 Å². The average Bonchev–Trinajstić information content (AvgIpc) is 2.83. The van der Waals surface area contributed by atoms with E-state index in [0.29, 0.717) is 23.2 Å². The third kappa shape index (κ3) is 5.04. The molecule has 0 spiro atoms. The molecule has 0 aliphatic carbocycles. The monoisotopic (exact) mass is 311 g/mol. The molecule has 5 nitrogen and oxygen atoms in total. The number of carbonyl (C=O) groups excluding carboxylic acids is 1. The molecule has 1 aliphatic rings. The summed E-state index contributed by atoms with van der Waals surface area (Å²) in [5, 5.41) is 2.49. The van der Waals surface area contributed by atoms with E-state index in [1.165, 1.54) is 0 Å². The van der Waals surface area contributed by atoms with E-state index in [0.717, 1.165) is 24.8 Å². The summed E-state index contributed by atoms with van der Waals surface area (Å²) in [4.78, 5) is 11.1. The molecule has 1 saturated heterocycles. The van der Waals surface area contributed by atoms with E-state index >= 15 is 0 Å². The third-order valence-electron chi connectivity index (χ3n) is 3.74. The minimum absolute atomic E-state index is 0.00970. The van der Waals surface area contributed by atoms with Crippen LogP contribution in [0.5, 0.6) is 5.75 Å². The standard InChI is InChI=1S/C15H21NO4S/c1-16-15(17)10-20-14-6-4-12(5-7-14)2-3-13-8-9-21(18,19)11-13/h4-7,13H,2-3,8-11H2,1H3,(H,16,17). The molecule has 1 amide bonds. The number of hydrogen-bond acceptors (Lipinski definition) is 4. The van der Waals surface area contributed by atoms with Gasteiger partial charge in [-0.2, -0.15) is 0 Å². The van der Waals surface area contributed by atoms with E-state index in [1.54, 1.807) is 7.05 Å². The van der Waals surface area contributed by atoms with Gasteiger partial charge < -0.3 is 10.1 Å². The van der Waals surface area contributed by atoms with Crippen molar-refractivity contribution in [2.45, 2.75) is 19.3 Å². The van der Waals surface area contributed by atoms with Crippen molar-refractivity contribution in [2.24, 2.45) is 5.92 Å². The number of amides is 1. The first-order valence-corrected chi connectivity index (χ1v) is 8.93. The zero-order chi connectivity index (χ0) is 15.3. The summed E-state index contributed by atoms with van der Waals surface area (Å²) >= 11 is 0. The maximum atomic E-state index is 11.4. The Morgan fingerprint density at radius 3 is 2.62 bits per heavy atom. The van der Waals surface area contributed by atoms with Gasteiger partial charge >= 0.3 is 0 Å². The van der Waals surface area contributed by atoms with E-state index in [9.17, 15) is 13.2 Å². The fourth-order valence-corrected chi connectivity index (χ4v) is 4.35. The molecule has 1 heterocycles. The predicted molar refractivity (Wildman–Crippen MR) is 81.1 cm³/mol. The van der Waals surface area contributed by atoms with Crippen LogP contribution in [-0.4, -0.2) is 39.5 Å². The zero-order valence-electron chi connectivity index (χ0n) is 12.2. The summed E-state index contributed by atoms with van der Waals surface area (Å²) in [5.74, 6) is 1.45. The number of rotatable bonds is 6. The van der Waals surface area contributed by atoms with Crippen molar-refractivity contribution in [1.29, 1.82) is 0 Å². The highest BCUT2D eigenvalue weighted by Gasteiger charge is 2.27. The fraction of sp³-hybridized carbons (Fsp3) is 0.533. The van der Waals surface area contributed by atoms with Crippen LogP contribution in [0.4, 0.5) is 0 Å². The normalized spacial score (nSPS) is 20.1. The van der Waals surface area contributed by atoms with Gasteiger partial charge in [-0.1, -0.05) is 12.1 Å². The summed E-state index contributed by atoms with van der Waals surface area (Å²) in [6.07, 6.45) is 2.56. The van der Waals surface area contributed by atoms with Crippen molar-refractivity contribution in [2.75, 3.05) is 25.2 Å². The van der Waals surface area contributed by atoms with Gasteiger partial charge in [0.05, 0.1) is 11.5 Å². The summed E-state index contributed by atoms with van der Waals surface area (Å²) in [7, 11) is -1.22. The van der Waals surface area contributed by atoms with Crippen molar-refractivity contribution >= 4 is 15.7 Å². The Labute approximate surface area is 125 Å². The van der Waals surface area contributed by atoms with E-state index in [2.05, 4.69) is 5.32 Å². The smallest absolute Gasteiger partial charge is 0.257 e. The molecule has 0 aromatic heterocycles. The lowest BCUT2D eigenvalue weighted by Crippen LogP contribution is -2.24. The van der Waals surface area contributed by atoms with Crippen LogP contribution in [0.2, 0.25) is 0 Å². The molecule has 1 unspecified atom stereocenters. The maximum Gasteiger partial charge on any atom is 0.257 e. The van der Waals surface area contributed by atoms with Crippen LogP contribution >= 0.6 is 0 Å². The molecular weight excluding hydrogens is 290 g/mol. The van der Waals surface area contributed by atoms with Crippen molar-refractivity contribution in [3.8, 4) is 5.75 Å². The average molecular weight is 311 g/mol. The molecule has 21 heavy (non-hydrogen) atoms. The highest BCUT2D eigenvalue weighted by atomic mass is 32.2. The molecule has 0 saturated carbocycles. The molecule has 1 N–H and O–H groups in total. The highest BCUT2D eigenvalue weighted by molar-refractivity contribution is 7.91. The lowest BCUT2D eigenvalue weighted by Gasteiger charge is -2.09. The molecule has 1 aliphatic heterocycles. The number of nitrogens with one attached hydrogen (secondary N) is 1. The minimum Gasteiger partial charge on any atom is -0.484 e. The van der Waals surface area contributed by atoms with Gasteiger partial charge in [-0.15, -0.1) is 0 Å². The molecule has 6 heteroatoms. The van der Waals surface area contributed by atoms with Crippen molar-refractivity contribution in [1.82, 2.24) is 5.32 Å². The molecule has 1 aromatic rings. The minimum atomic E-state index is -2.78. The van der Waals surface area contributed by atoms with E-state index in [4.69, 9.17) is 4.74 Å². The van der Waals surface area contributed by atoms with E-state index < -0.39 is 9.84 Å². The lowest BCUT2D eigenvalue weighted by atomic mass is 9.99. The zero-order valence-corrected chi connectivity index (χ0v) is 13.0. The molecular formula is C15H21NO4S. The lowest BCUT2D eigenvalue weighted by molar-refractivity contribution is -0.122. The topological polar surface area (TPSA) is 72.5 Å². The molecule has 0 radical (unpaired) electrons. The summed E-state index contributed by atoms with van der Waals surface area (Å²) in [6.45, 7) is 0.00970. The predicted octanol–water partition coefficient (Wildman–Crippen LogP) is 1.18. The Balaban J connectivity index is 1.78. The van der Waals surface area contributed by atoms with Gasteiger partial charge in [0.25, 0.3) is 5.91 Å². The highest BCUT2D eigenvalue weighted by Crippen LogP contribution is 2.23. The number of likely N-dealkylation sites (N-methyl/N-ethyl adjacent to an activating group) is 1. The number of hydrogen-bond donors (Lipinski definition) is 1. The number of aryl methyl sites for hydroxylation is 1. The summed E-state index contributed by atoms with van der Waals surface area (Å²) in [6, 6.07) is 7.60. The largest absolute Gasteiger partial charge is 0.484 e. The van der Waals surface area contributed by atoms with Gasteiger partial charge in [0.2, 0.25) is 0 Å². The fourth-order valence-electron chi connectivity index (χ4n) is 2.44. The molecule has 0 bridgehead atoms. The SMILES string of the molecule is CNC(=O)COc1ccc(CCC2CCS(=O)(=O)C2)cc1. The van der Waals surface area contributed by atoms with Crippen molar-refractivity contribution in [3.05, 3.63) is 29.8 Å². The first-order chi connectivity index (χ1) is 9.98. The van der Waals surface area contributed by atoms with Crippen LogP contribution in [0.1, 0.15) is 18.4 Å². The van der Waals surface area contributed by atoms with Crippen LogP contribution in [0.3, 0.4) is 0 Å². The third-order valence-corrected chi connectivity index (χ3v) is 5.58. The van der Waals surface area contributed by atoms with Gasteiger partial charge in [-0.25, -0.2) is 8.42 Å². The Kier molecular flexibility index (Phi) is 5.22.